The molecule has 0 bridgehead atoms. The second-order valence-corrected chi connectivity index (χ2v) is 5.26. The van der Waals surface area contributed by atoms with E-state index in [1.807, 2.05) is 12.1 Å². The second-order valence-electron chi connectivity index (χ2n) is 5.26. The van der Waals surface area contributed by atoms with Crippen molar-refractivity contribution in [2.45, 2.75) is 25.8 Å². The number of hydrogen-bond acceptors (Lipinski definition) is 2. The van der Waals surface area contributed by atoms with Gasteiger partial charge in [0.2, 0.25) is 0 Å². The minimum atomic E-state index is -0.163. The van der Waals surface area contributed by atoms with Crippen molar-refractivity contribution in [3.63, 3.8) is 0 Å². The molecule has 1 aliphatic carbocycles. The minimum absolute atomic E-state index is 0.163. The molecule has 0 spiro atoms. The van der Waals surface area contributed by atoms with Crippen LogP contribution < -0.4 is 10.1 Å². The maximum Gasteiger partial charge on any atom is 0.126 e. The Morgan fingerprint density at radius 3 is 2.80 bits per heavy atom. The molecule has 1 atom stereocenters. The highest BCUT2D eigenvalue weighted by Gasteiger charge is 2.22. The molecular weight excluding hydrogens is 253 g/mol. The lowest BCUT2D eigenvalue weighted by atomic mass is 10.1. The zero-order valence-corrected chi connectivity index (χ0v) is 11.7. The van der Waals surface area contributed by atoms with Crippen molar-refractivity contribution in [3.8, 4) is 5.75 Å². The molecule has 0 amide bonds. The van der Waals surface area contributed by atoms with E-state index in [-0.39, 0.29) is 11.9 Å². The molecule has 0 saturated heterocycles. The van der Waals surface area contributed by atoms with E-state index in [0.29, 0.717) is 5.56 Å². The summed E-state index contributed by atoms with van der Waals surface area (Å²) in [6.07, 6.45) is 2.12. The molecule has 2 aromatic rings. The van der Waals surface area contributed by atoms with Gasteiger partial charge < -0.3 is 10.1 Å². The van der Waals surface area contributed by atoms with Crippen molar-refractivity contribution in [1.29, 1.82) is 0 Å². The van der Waals surface area contributed by atoms with Crippen LogP contribution in [-0.2, 0) is 6.42 Å². The average molecular weight is 271 g/mol. The van der Waals surface area contributed by atoms with E-state index in [2.05, 4.69) is 17.4 Å². The minimum Gasteiger partial charge on any atom is -0.497 e. The zero-order valence-electron chi connectivity index (χ0n) is 11.7. The third-order valence-corrected chi connectivity index (χ3v) is 3.93. The van der Waals surface area contributed by atoms with E-state index in [9.17, 15) is 4.39 Å². The van der Waals surface area contributed by atoms with Gasteiger partial charge in [0, 0.05) is 5.69 Å². The molecule has 0 aromatic heterocycles. The summed E-state index contributed by atoms with van der Waals surface area (Å²) < 4.78 is 18.6. The highest BCUT2D eigenvalue weighted by atomic mass is 19.1. The molecular formula is C17H18FNO. The summed E-state index contributed by atoms with van der Waals surface area (Å²) in [5, 5.41) is 3.49. The van der Waals surface area contributed by atoms with Crippen LogP contribution in [0.1, 0.15) is 29.2 Å². The van der Waals surface area contributed by atoms with E-state index in [1.165, 1.54) is 17.2 Å². The number of methoxy groups -OCH3 is 1. The summed E-state index contributed by atoms with van der Waals surface area (Å²) in [7, 11) is 1.68. The van der Waals surface area contributed by atoms with Crippen molar-refractivity contribution < 1.29 is 9.13 Å². The Bertz CT molecular complexity index is 639. The quantitative estimate of drug-likeness (QED) is 0.901. The number of rotatable bonds is 3. The van der Waals surface area contributed by atoms with Gasteiger partial charge in [-0.3, -0.25) is 0 Å². The third-order valence-electron chi connectivity index (χ3n) is 3.93. The van der Waals surface area contributed by atoms with E-state index in [0.717, 1.165) is 24.3 Å². The topological polar surface area (TPSA) is 21.3 Å². The third kappa shape index (κ3) is 2.36. The molecule has 1 unspecified atom stereocenters. The van der Waals surface area contributed by atoms with Crippen molar-refractivity contribution in [1.82, 2.24) is 0 Å². The van der Waals surface area contributed by atoms with Crippen molar-refractivity contribution in [2.75, 3.05) is 12.4 Å². The van der Waals surface area contributed by atoms with E-state index < -0.39 is 0 Å². The molecule has 3 rings (SSSR count). The van der Waals surface area contributed by atoms with Gasteiger partial charge in [-0.2, -0.15) is 0 Å². The Balaban J connectivity index is 1.85. The van der Waals surface area contributed by atoms with E-state index in [1.54, 1.807) is 20.1 Å². The number of fused-ring (bicyclic) bond motifs is 1. The van der Waals surface area contributed by atoms with Crippen molar-refractivity contribution >= 4 is 5.69 Å². The fourth-order valence-electron chi connectivity index (χ4n) is 2.79. The number of hydrogen-bond donors (Lipinski definition) is 1. The summed E-state index contributed by atoms with van der Waals surface area (Å²) >= 11 is 0. The van der Waals surface area contributed by atoms with Crippen LogP contribution in [0, 0.1) is 12.7 Å². The Labute approximate surface area is 118 Å². The number of ether oxygens (including phenoxy) is 1. The summed E-state index contributed by atoms with van der Waals surface area (Å²) in [5.41, 5.74) is 4.27. The predicted molar refractivity (Wildman–Crippen MR) is 78.8 cm³/mol. The van der Waals surface area contributed by atoms with Gasteiger partial charge in [0.25, 0.3) is 0 Å². The first-order valence-electron chi connectivity index (χ1n) is 6.87. The van der Waals surface area contributed by atoms with Gasteiger partial charge in [-0.1, -0.05) is 6.07 Å². The Morgan fingerprint density at radius 2 is 2.05 bits per heavy atom. The first-order chi connectivity index (χ1) is 9.67. The Hall–Kier alpha value is -2.03. The van der Waals surface area contributed by atoms with E-state index in [4.69, 9.17) is 4.74 Å². The number of anilines is 1. The molecule has 0 fully saturated rings. The number of benzene rings is 2. The van der Waals surface area contributed by atoms with Crippen LogP contribution >= 0.6 is 0 Å². The largest absolute Gasteiger partial charge is 0.497 e. The smallest absolute Gasteiger partial charge is 0.126 e. The van der Waals surface area contributed by atoms with Crippen LogP contribution in [0.15, 0.2) is 36.4 Å². The lowest BCUT2D eigenvalue weighted by molar-refractivity contribution is 0.414. The number of aryl methyl sites for hydroxylation is 2. The highest BCUT2D eigenvalue weighted by molar-refractivity contribution is 5.51. The molecule has 3 heteroatoms. The SMILES string of the molecule is COc1ccc2c(c1)C(Nc1ccc(F)c(C)c1)CC2. The first kappa shape index (κ1) is 13.0. The van der Waals surface area contributed by atoms with Crippen LogP contribution in [0.4, 0.5) is 10.1 Å². The molecule has 20 heavy (non-hydrogen) atoms. The molecule has 0 aliphatic heterocycles. The van der Waals surface area contributed by atoms with Crippen LogP contribution in [0.25, 0.3) is 0 Å². The molecule has 1 aliphatic rings. The summed E-state index contributed by atoms with van der Waals surface area (Å²) in [6, 6.07) is 11.7. The predicted octanol–water partition coefficient (Wildman–Crippen LogP) is 4.24. The van der Waals surface area contributed by atoms with Gasteiger partial charge in [0.05, 0.1) is 13.2 Å². The normalized spacial score (nSPS) is 16.9. The number of halogens is 1. The summed E-state index contributed by atoms with van der Waals surface area (Å²) in [6.45, 7) is 1.78. The van der Waals surface area contributed by atoms with Gasteiger partial charge in [0.1, 0.15) is 11.6 Å². The lowest BCUT2D eigenvalue weighted by Gasteiger charge is -2.16. The number of nitrogens with one attached hydrogen (secondary N) is 1. The van der Waals surface area contributed by atoms with Crippen LogP contribution in [0.2, 0.25) is 0 Å². The van der Waals surface area contributed by atoms with E-state index >= 15 is 0 Å². The summed E-state index contributed by atoms with van der Waals surface area (Å²) in [5.74, 6) is 0.719. The lowest BCUT2D eigenvalue weighted by Crippen LogP contribution is -2.07. The summed E-state index contributed by atoms with van der Waals surface area (Å²) in [4.78, 5) is 0. The highest BCUT2D eigenvalue weighted by Crippen LogP contribution is 2.36. The first-order valence-corrected chi connectivity index (χ1v) is 6.87. The van der Waals surface area contributed by atoms with Gasteiger partial charge in [0.15, 0.2) is 0 Å². The van der Waals surface area contributed by atoms with Crippen LogP contribution in [-0.4, -0.2) is 7.11 Å². The van der Waals surface area contributed by atoms with Gasteiger partial charge in [-0.05, 0) is 66.8 Å². The fraction of sp³-hybridized carbons (Fsp3) is 0.294. The zero-order chi connectivity index (χ0) is 14.1. The van der Waals surface area contributed by atoms with Gasteiger partial charge in [-0.15, -0.1) is 0 Å². The van der Waals surface area contributed by atoms with Gasteiger partial charge in [-0.25, -0.2) is 4.39 Å². The second kappa shape index (κ2) is 5.16. The Kier molecular flexibility index (Phi) is 3.35. The van der Waals surface area contributed by atoms with Gasteiger partial charge >= 0.3 is 0 Å². The molecule has 2 aromatic carbocycles. The maximum atomic E-state index is 13.3. The fourth-order valence-corrected chi connectivity index (χ4v) is 2.79. The monoisotopic (exact) mass is 271 g/mol. The average Bonchev–Trinajstić information content (AvgIpc) is 2.85. The molecule has 0 radical (unpaired) electrons. The Morgan fingerprint density at radius 1 is 1.20 bits per heavy atom. The maximum absolute atomic E-state index is 13.3. The molecule has 104 valence electrons. The molecule has 1 N–H and O–H groups in total. The van der Waals surface area contributed by atoms with Crippen molar-refractivity contribution in [3.05, 3.63) is 58.9 Å². The molecule has 0 heterocycles. The van der Waals surface area contributed by atoms with Crippen LogP contribution in [0.3, 0.4) is 0 Å². The van der Waals surface area contributed by atoms with Crippen molar-refractivity contribution in [2.24, 2.45) is 0 Å². The molecule has 2 nitrogen and oxygen atoms in total. The molecule has 0 saturated carbocycles. The standard InChI is InChI=1S/C17H18FNO/c1-11-9-13(5-7-16(11)18)19-17-8-4-12-3-6-14(20-2)10-15(12)17/h3,5-7,9-10,17,19H,4,8H2,1-2H3. The van der Waals surface area contributed by atoms with Crippen LogP contribution in [0.5, 0.6) is 5.75 Å².